The van der Waals surface area contributed by atoms with Gasteiger partial charge >= 0.3 is 0 Å². The number of hydrogen-bond acceptors (Lipinski definition) is 1. The molecule has 0 radical (unpaired) electrons. The topological polar surface area (TPSA) is 12.9 Å². The zero-order valence-electron chi connectivity index (χ0n) is 17.5. The minimum Gasteiger partial charge on any atom is -0.256 e. The number of pyridine rings is 1. The van der Waals surface area contributed by atoms with Crippen molar-refractivity contribution in [3.63, 3.8) is 0 Å². The van der Waals surface area contributed by atoms with Gasteiger partial charge in [0.25, 0.3) is 0 Å². The Hall–Kier alpha value is -2.41. The molecule has 0 unspecified atom stereocenters. The van der Waals surface area contributed by atoms with Crippen molar-refractivity contribution in [1.82, 2.24) is 4.98 Å². The van der Waals surface area contributed by atoms with Crippen molar-refractivity contribution in [3.05, 3.63) is 89.1 Å². The van der Waals surface area contributed by atoms with Gasteiger partial charge in [0.1, 0.15) is 0 Å². The Morgan fingerprint density at radius 1 is 0.536 bits per heavy atom. The fourth-order valence-corrected chi connectivity index (χ4v) is 3.51. The summed E-state index contributed by atoms with van der Waals surface area (Å²) in [5.74, 6) is 0. The van der Waals surface area contributed by atoms with Crippen LogP contribution < -0.4 is 0 Å². The summed E-state index contributed by atoms with van der Waals surface area (Å²) in [6.07, 6.45) is 11.5. The third kappa shape index (κ3) is 6.05. The van der Waals surface area contributed by atoms with Gasteiger partial charge in [0.15, 0.2) is 0 Å². The molecular formula is C27H33N. The molecule has 0 aliphatic heterocycles. The van der Waals surface area contributed by atoms with E-state index >= 15 is 0 Å². The SMILES string of the molecule is CCCCc1ccc(CCc2ccc(-c3ccc(CCCC)cc3)nc2)cc1. The zero-order chi connectivity index (χ0) is 19.6. The van der Waals surface area contributed by atoms with Gasteiger partial charge in [-0.1, -0.05) is 81.3 Å². The highest BCUT2D eigenvalue weighted by Crippen LogP contribution is 2.19. The number of benzene rings is 2. The second kappa shape index (κ2) is 10.8. The van der Waals surface area contributed by atoms with Crippen LogP contribution in [0.2, 0.25) is 0 Å². The van der Waals surface area contributed by atoms with Gasteiger partial charge in [-0.2, -0.15) is 0 Å². The lowest BCUT2D eigenvalue weighted by atomic mass is 10.0. The largest absolute Gasteiger partial charge is 0.256 e. The average Bonchev–Trinajstić information content (AvgIpc) is 2.76. The van der Waals surface area contributed by atoms with Gasteiger partial charge in [0.2, 0.25) is 0 Å². The number of hydrogen-bond donors (Lipinski definition) is 0. The van der Waals surface area contributed by atoms with Crippen LogP contribution in [0.25, 0.3) is 11.3 Å². The molecule has 0 amide bonds. The van der Waals surface area contributed by atoms with Gasteiger partial charge in [-0.25, -0.2) is 0 Å². The van der Waals surface area contributed by atoms with Crippen LogP contribution in [0.3, 0.4) is 0 Å². The highest BCUT2D eigenvalue weighted by atomic mass is 14.7. The van der Waals surface area contributed by atoms with Crippen LogP contribution in [0.15, 0.2) is 66.9 Å². The van der Waals surface area contributed by atoms with Crippen LogP contribution in [-0.4, -0.2) is 4.98 Å². The van der Waals surface area contributed by atoms with Crippen molar-refractivity contribution in [2.75, 3.05) is 0 Å². The molecule has 0 aliphatic rings. The van der Waals surface area contributed by atoms with E-state index in [1.807, 2.05) is 6.20 Å². The lowest BCUT2D eigenvalue weighted by Gasteiger charge is -2.06. The summed E-state index contributed by atoms with van der Waals surface area (Å²) in [5.41, 5.74) is 7.85. The Kier molecular flexibility index (Phi) is 7.84. The Bertz CT molecular complexity index is 814. The van der Waals surface area contributed by atoms with Gasteiger partial charge in [-0.05, 0) is 66.8 Å². The number of rotatable bonds is 10. The van der Waals surface area contributed by atoms with Crippen LogP contribution in [0, 0.1) is 0 Å². The number of unbranched alkanes of at least 4 members (excludes halogenated alkanes) is 2. The average molecular weight is 372 g/mol. The molecule has 1 heteroatoms. The summed E-state index contributed by atoms with van der Waals surface area (Å²) in [7, 11) is 0. The lowest BCUT2D eigenvalue weighted by Crippen LogP contribution is -1.94. The first kappa shape index (κ1) is 20.3. The predicted octanol–water partition coefficient (Wildman–Crippen LogP) is 7.22. The molecule has 0 spiro atoms. The third-order valence-corrected chi connectivity index (χ3v) is 5.44. The molecule has 2 aromatic carbocycles. The zero-order valence-corrected chi connectivity index (χ0v) is 17.5. The van der Waals surface area contributed by atoms with Gasteiger partial charge in [-0.15, -0.1) is 0 Å². The van der Waals surface area contributed by atoms with Crippen LogP contribution in [0.1, 0.15) is 61.8 Å². The minimum absolute atomic E-state index is 1.04. The third-order valence-electron chi connectivity index (χ3n) is 5.44. The van der Waals surface area contributed by atoms with E-state index in [1.54, 1.807) is 0 Å². The first-order valence-electron chi connectivity index (χ1n) is 10.9. The molecule has 0 saturated heterocycles. The molecule has 1 heterocycles. The van der Waals surface area contributed by atoms with E-state index in [1.165, 1.54) is 66.3 Å². The number of aryl methyl sites for hydroxylation is 4. The van der Waals surface area contributed by atoms with Gasteiger partial charge in [-0.3, -0.25) is 4.98 Å². The lowest BCUT2D eigenvalue weighted by molar-refractivity contribution is 0.794. The molecule has 0 saturated carbocycles. The Labute approximate surface area is 170 Å². The quantitative estimate of drug-likeness (QED) is 0.366. The fraction of sp³-hybridized carbons (Fsp3) is 0.370. The Balaban J connectivity index is 1.54. The van der Waals surface area contributed by atoms with E-state index in [0.29, 0.717) is 0 Å². The van der Waals surface area contributed by atoms with Crippen molar-refractivity contribution in [2.45, 2.75) is 65.2 Å². The molecule has 146 valence electrons. The number of nitrogens with zero attached hydrogens (tertiary/aromatic N) is 1. The Morgan fingerprint density at radius 3 is 1.50 bits per heavy atom. The van der Waals surface area contributed by atoms with Crippen molar-refractivity contribution in [2.24, 2.45) is 0 Å². The van der Waals surface area contributed by atoms with Gasteiger partial charge in [0.05, 0.1) is 5.69 Å². The van der Waals surface area contributed by atoms with Crippen molar-refractivity contribution >= 4 is 0 Å². The standard InChI is InChI=1S/C27H33N/c1-3-5-7-22-9-11-24(12-10-22)13-14-25-17-20-27(28-21-25)26-18-15-23(16-19-26)8-6-4-2/h9-12,15-21H,3-8,13-14H2,1-2H3. The molecule has 3 rings (SSSR count). The van der Waals surface area contributed by atoms with E-state index < -0.39 is 0 Å². The van der Waals surface area contributed by atoms with E-state index in [-0.39, 0.29) is 0 Å². The minimum atomic E-state index is 1.04. The summed E-state index contributed by atoms with van der Waals surface area (Å²) in [6.45, 7) is 4.48. The maximum atomic E-state index is 4.70. The molecular weight excluding hydrogens is 338 g/mol. The summed E-state index contributed by atoms with van der Waals surface area (Å²) < 4.78 is 0. The summed E-state index contributed by atoms with van der Waals surface area (Å²) in [5, 5.41) is 0. The molecule has 3 aromatic rings. The van der Waals surface area contributed by atoms with E-state index in [0.717, 1.165) is 18.5 Å². The summed E-state index contributed by atoms with van der Waals surface area (Å²) in [6, 6.07) is 22.4. The van der Waals surface area contributed by atoms with E-state index in [2.05, 4.69) is 74.5 Å². The fourth-order valence-electron chi connectivity index (χ4n) is 3.51. The highest BCUT2D eigenvalue weighted by Gasteiger charge is 2.02. The maximum absolute atomic E-state index is 4.70. The van der Waals surface area contributed by atoms with E-state index in [9.17, 15) is 0 Å². The van der Waals surface area contributed by atoms with Crippen LogP contribution in [-0.2, 0) is 25.7 Å². The molecule has 0 bridgehead atoms. The number of aromatic nitrogens is 1. The first-order valence-corrected chi connectivity index (χ1v) is 10.9. The van der Waals surface area contributed by atoms with Crippen LogP contribution in [0.5, 0.6) is 0 Å². The second-order valence-corrected chi connectivity index (χ2v) is 7.77. The molecule has 0 N–H and O–H groups in total. The summed E-state index contributed by atoms with van der Waals surface area (Å²) >= 11 is 0. The molecule has 1 aromatic heterocycles. The summed E-state index contributed by atoms with van der Waals surface area (Å²) in [4.78, 5) is 4.70. The molecule has 0 atom stereocenters. The second-order valence-electron chi connectivity index (χ2n) is 7.77. The van der Waals surface area contributed by atoms with Crippen molar-refractivity contribution < 1.29 is 0 Å². The smallest absolute Gasteiger partial charge is 0.0702 e. The van der Waals surface area contributed by atoms with Gasteiger partial charge in [0, 0.05) is 11.8 Å². The monoisotopic (exact) mass is 371 g/mol. The van der Waals surface area contributed by atoms with E-state index in [4.69, 9.17) is 4.98 Å². The molecule has 0 aliphatic carbocycles. The molecule has 0 fully saturated rings. The predicted molar refractivity (Wildman–Crippen MR) is 121 cm³/mol. The van der Waals surface area contributed by atoms with Crippen LogP contribution in [0.4, 0.5) is 0 Å². The first-order chi connectivity index (χ1) is 13.8. The normalized spacial score (nSPS) is 10.9. The Morgan fingerprint density at radius 2 is 1.00 bits per heavy atom. The van der Waals surface area contributed by atoms with Crippen molar-refractivity contribution in [1.29, 1.82) is 0 Å². The van der Waals surface area contributed by atoms with Crippen LogP contribution >= 0.6 is 0 Å². The maximum Gasteiger partial charge on any atom is 0.0702 e. The van der Waals surface area contributed by atoms with Gasteiger partial charge < -0.3 is 0 Å². The molecule has 1 nitrogen and oxygen atoms in total. The van der Waals surface area contributed by atoms with Crippen molar-refractivity contribution in [3.8, 4) is 11.3 Å². The molecule has 28 heavy (non-hydrogen) atoms. The highest BCUT2D eigenvalue weighted by molar-refractivity contribution is 5.59.